The lowest BCUT2D eigenvalue weighted by Crippen LogP contribution is -2.19. The van der Waals surface area contributed by atoms with Gasteiger partial charge in [0.1, 0.15) is 5.75 Å². The van der Waals surface area contributed by atoms with Crippen LogP contribution in [0.5, 0.6) is 5.75 Å². The van der Waals surface area contributed by atoms with Crippen LogP contribution in [0, 0.1) is 30.6 Å². The fourth-order valence-corrected chi connectivity index (χ4v) is 1.99. The van der Waals surface area contributed by atoms with Crippen LogP contribution in [0.1, 0.15) is 44.2 Å². The molecule has 2 heteroatoms. The normalized spacial score (nSPS) is 11.1. The molecule has 0 spiro atoms. The van der Waals surface area contributed by atoms with Crippen molar-refractivity contribution in [3.63, 3.8) is 0 Å². The Hall–Kier alpha value is -1.49. The summed E-state index contributed by atoms with van der Waals surface area (Å²) in [5.74, 6) is 0.900. The van der Waals surface area contributed by atoms with E-state index in [1.165, 1.54) is 11.1 Å². The second-order valence-electron chi connectivity index (χ2n) is 4.94. The van der Waals surface area contributed by atoms with Crippen LogP contribution >= 0.6 is 0 Å². The molecule has 0 bridgehead atoms. The van der Waals surface area contributed by atoms with E-state index in [0.29, 0.717) is 6.61 Å². The summed E-state index contributed by atoms with van der Waals surface area (Å²) >= 11 is 0. The molecule has 0 heterocycles. The van der Waals surface area contributed by atoms with Crippen molar-refractivity contribution in [2.75, 3.05) is 6.61 Å². The van der Waals surface area contributed by atoms with Crippen molar-refractivity contribution in [3.8, 4) is 11.8 Å². The van der Waals surface area contributed by atoms with Crippen molar-refractivity contribution in [2.24, 2.45) is 5.41 Å². The second-order valence-corrected chi connectivity index (χ2v) is 4.94. The average Bonchev–Trinajstić information content (AvgIpc) is 2.39. The van der Waals surface area contributed by atoms with Crippen molar-refractivity contribution in [3.05, 3.63) is 29.3 Å². The van der Waals surface area contributed by atoms with E-state index in [4.69, 9.17) is 4.74 Å². The van der Waals surface area contributed by atoms with E-state index in [-0.39, 0.29) is 5.41 Å². The molecule has 98 valence electrons. The Bertz CT molecular complexity index is 427. The van der Waals surface area contributed by atoms with E-state index in [1.54, 1.807) is 0 Å². The van der Waals surface area contributed by atoms with Gasteiger partial charge >= 0.3 is 0 Å². The molecule has 0 aliphatic carbocycles. The molecule has 0 aromatic heterocycles. The zero-order valence-electron chi connectivity index (χ0n) is 11.9. The molecular weight excluding hydrogens is 222 g/mol. The topological polar surface area (TPSA) is 33.0 Å². The molecule has 1 rings (SSSR count). The molecule has 0 atom stereocenters. The highest BCUT2D eigenvalue weighted by Gasteiger charge is 2.25. The van der Waals surface area contributed by atoms with Gasteiger partial charge in [-0.15, -0.1) is 0 Å². The molecule has 0 aliphatic rings. The molecule has 1 aromatic carbocycles. The smallest absolute Gasteiger partial charge is 0.119 e. The van der Waals surface area contributed by atoms with Gasteiger partial charge in [0.05, 0.1) is 18.1 Å². The fraction of sp³-hybridized carbons (Fsp3) is 0.562. The maximum atomic E-state index is 9.25. The summed E-state index contributed by atoms with van der Waals surface area (Å²) < 4.78 is 5.75. The molecule has 0 saturated carbocycles. The second kappa shape index (κ2) is 6.44. The van der Waals surface area contributed by atoms with Crippen molar-refractivity contribution >= 4 is 0 Å². The van der Waals surface area contributed by atoms with E-state index in [2.05, 4.69) is 45.9 Å². The highest BCUT2D eigenvalue weighted by Crippen LogP contribution is 2.29. The molecule has 0 N–H and O–H groups in total. The Morgan fingerprint density at radius 1 is 1.17 bits per heavy atom. The van der Waals surface area contributed by atoms with E-state index in [1.807, 2.05) is 6.07 Å². The first-order chi connectivity index (χ1) is 8.56. The molecule has 0 unspecified atom stereocenters. The molecule has 0 radical (unpaired) electrons. The maximum absolute atomic E-state index is 9.25. The van der Waals surface area contributed by atoms with Gasteiger partial charge in [-0.05, 0) is 49.9 Å². The lowest BCUT2D eigenvalue weighted by atomic mass is 9.81. The van der Waals surface area contributed by atoms with Crippen LogP contribution < -0.4 is 4.74 Å². The highest BCUT2D eigenvalue weighted by molar-refractivity contribution is 5.33. The molecule has 2 nitrogen and oxygen atoms in total. The average molecular weight is 245 g/mol. The highest BCUT2D eigenvalue weighted by atomic mass is 16.5. The summed E-state index contributed by atoms with van der Waals surface area (Å²) in [6, 6.07) is 8.56. The van der Waals surface area contributed by atoms with Crippen LogP contribution in [0.4, 0.5) is 0 Å². The van der Waals surface area contributed by atoms with Crippen LogP contribution in [0.15, 0.2) is 18.2 Å². The molecular formula is C16H23NO. The Kier molecular flexibility index (Phi) is 5.22. The Balaban J connectivity index is 2.56. The lowest BCUT2D eigenvalue weighted by molar-refractivity contribution is 0.231. The third kappa shape index (κ3) is 3.50. The fourth-order valence-electron chi connectivity index (χ4n) is 1.99. The summed E-state index contributed by atoms with van der Waals surface area (Å²) in [6.45, 7) is 8.93. The van der Waals surface area contributed by atoms with Crippen LogP contribution in [-0.2, 0) is 0 Å². The van der Waals surface area contributed by atoms with Gasteiger partial charge in [-0.3, -0.25) is 0 Å². The summed E-state index contributed by atoms with van der Waals surface area (Å²) in [6.07, 6.45) is 2.57. The molecule has 0 amide bonds. The number of ether oxygens (including phenoxy) is 1. The summed E-state index contributed by atoms with van der Waals surface area (Å²) in [4.78, 5) is 0. The predicted octanol–water partition coefficient (Wildman–Crippen LogP) is 4.40. The van der Waals surface area contributed by atoms with Gasteiger partial charge in [-0.1, -0.05) is 19.9 Å². The van der Waals surface area contributed by atoms with Gasteiger partial charge in [0.25, 0.3) is 0 Å². The van der Waals surface area contributed by atoms with E-state index in [0.717, 1.165) is 25.0 Å². The lowest BCUT2D eigenvalue weighted by Gasteiger charge is -2.23. The number of benzene rings is 1. The Morgan fingerprint density at radius 2 is 1.83 bits per heavy atom. The van der Waals surface area contributed by atoms with Crippen molar-refractivity contribution in [1.82, 2.24) is 0 Å². The quantitative estimate of drug-likeness (QED) is 0.744. The van der Waals surface area contributed by atoms with Crippen LogP contribution in [0.2, 0.25) is 0 Å². The molecule has 0 aliphatic heterocycles. The first kappa shape index (κ1) is 14.6. The number of hydrogen-bond donors (Lipinski definition) is 0. The zero-order chi connectivity index (χ0) is 13.6. The van der Waals surface area contributed by atoms with Gasteiger partial charge in [-0.25, -0.2) is 0 Å². The van der Waals surface area contributed by atoms with Gasteiger partial charge in [0.2, 0.25) is 0 Å². The monoisotopic (exact) mass is 245 g/mol. The Morgan fingerprint density at radius 3 is 2.33 bits per heavy atom. The van der Waals surface area contributed by atoms with Gasteiger partial charge in [-0.2, -0.15) is 5.26 Å². The van der Waals surface area contributed by atoms with E-state index >= 15 is 0 Å². The molecule has 0 fully saturated rings. The predicted molar refractivity (Wildman–Crippen MR) is 74.7 cm³/mol. The minimum absolute atomic E-state index is 0.222. The van der Waals surface area contributed by atoms with Gasteiger partial charge < -0.3 is 4.74 Å². The number of aryl methyl sites for hydroxylation is 2. The SMILES string of the molecule is CCC(C#N)(CC)CCOc1ccc(C)c(C)c1. The first-order valence-corrected chi connectivity index (χ1v) is 6.68. The minimum Gasteiger partial charge on any atom is -0.494 e. The third-order valence-corrected chi connectivity index (χ3v) is 3.92. The summed E-state index contributed by atoms with van der Waals surface area (Å²) in [7, 11) is 0. The number of hydrogen-bond acceptors (Lipinski definition) is 2. The number of nitrogens with zero attached hydrogens (tertiary/aromatic N) is 1. The van der Waals surface area contributed by atoms with Crippen LogP contribution in [0.25, 0.3) is 0 Å². The van der Waals surface area contributed by atoms with Crippen molar-refractivity contribution in [1.29, 1.82) is 5.26 Å². The van der Waals surface area contributed by atoms with Gasteiger partial charge in [0.15, 0.2) is 0 Å². The van der Waals surface area contributed by atoms with Gasteiger partial charge in [0, 0.05) is 6.42 Å². The minimum atomic E-state index is -0.222. The largest absolute Gasteiger partial charge is 0.494 e. The van der Waals surface area contributed by atoms with Crippen molar-refractivity contribution < 1.29 is 4.74 Å². The van der Waals surface area contributed by atoms with E-state index < -0.39 is 0 Å². The zero-order valence-corrected chi connectivity index (χ0v) is 11.9. The number of rotatable bonds is 6. The first-order valence-electron chi connectivity index (χ1n) is 6.68. The third-order valence-electron chi connectivity index (χ3n) is 3.92. The summed E-state index contributed by atoms with van der Waals surface area (Å²) in [5.41, 5.74) is 2.29. The maximum Gasteiger partial charge on any atom is 0.119 e. The standard InChI is InChI=1S/C16H23NO/c1-5-16(6-2,12-17)9-10-18-15-8-7-13(3)14(4)11-15/h7-8,11H,5-6,9-10H2,1-4H3. The van der Waals surface area contributed by atoms with Crippen LogP contribution in [-0.4, -0.2) is 6.61 Å². The molecule has 1 aromatic rings. The summed E-state index contributed by atoms with van der Waals surface area (Å²) in [5, 5.41) is 9.25. The Labute approximate surface area is 111 Å². The van der Waals surface area contributed by atoms with Crippen molar-refractivity contribution in [2.45, 2.75) is 47.0 Å². The molecule has 0 saturated heterocycles. The van der Waals surface area contributed by atoms with E-state index in [9.17, 15) is 5.26 Å². The molecule has 18 heavy (non-hydrogen) atoms. The van der Waals surface area contributed by atoms with Crippen LogP contribution in [0.3, 0.4) is 0 Å². The number of nitriles is 1.